The van der Waals surface area contributed by atoms with E-state index in [-0.39, 0.29) is 36.8 Å². The minimum atomic E-state index is -1.01. The number of fused-ring (bicyclic) bond motifs is 1. The molecular weight excluding hydrogens is 458 g/mol. The van der Waals surface area contributed by atoms with E-state index < -0.39 is 30.4 Å². The molecule has 33 heavy (non-hydrogen) atoms. The first-order chi connectivity index (χ1) is 15.0. The van der Waals surface area contributed by atoms with Gasteiger partial charge in [-0.05, 0) is 65.2 Å². The molecule has 2 saturated heterocycles. The third-order valence-electron chi connectivity index (χ3n) is 4.75. The molecule has 2 fully saturated rings. The van der Waals surface area contributed by atoms with E-state index in [9.17, 15) is 9.90 Å². The van der Waals surface area contributed by atoms with Gasteiger partial charge in [0.25, 0.3) is 0 Å². The van der Waals surface area contributed by atoms with E-state index in [0.29, 0.717) is 12.4 Å². The van der Waals surface area contributed by atoms with Crippen LogP contribution in [0.3, 0.4) is 0 Å². The molecule has 2 heterocycles. The number of aliphatic hydroxyl groups is 2. The molecule has 10 nitrogen and oxygen atoms in total. The van der Waals surface area contributed by atoms with Gasteiger partial charge in [0.05, 0.1) is 6.61 Å². The van der Waals surface area contributed by atoms with Crippen LogP contribution in [0.1, 0.15) is 27.2 Å². The lowest BCUT2D eigenvalue weighted by Gasteiger charge is -2.28. The molecule has 0 amide bonds. The van der Waals surface area contributed by atoms with Crippen LogP contribution >= 0.6 is 12.4 Å². The van der Waals surface area contributed by atoms with Crippen molar-refractivity contribution < 1.29 is 43.8 Å². The molecule has 0 saturated carbocycles. The van der Waals surface area contributed by atoms with Gasteiger partial charge in [0, 0.05) is 13.5 Å². The summed E-state index contributed by atoms with van der Waals surface area (Å²) in [5.74, 6) is -0.498. The summed E-state index contributed by atoms with van der Waals surface area (Å²) in [5.41, 5.74) is 0. The highest BCUT2D eigenvalue weighted by molar-refractivity contribution is 5.85. The van der Waals surface area contributed by atoms with Crippen molar-refractivity contribution in [1.82, 2.24) is 4.90 Å². The van der Waals surface area contributed by atoms with Crippen LogP contribution in [0, 0.1) is 0 Å². The summed E-state index contributed by atoms with van der Waals surface area (Å²) in [6, 6.07) is 5.96. The summed E-state index contributed by atoms with van der Waals surface area (Å²) in [7, 11) is 4.01. The van der Waals surface area contributed by atoms with E-state index >= 15 is 0 Å². The van der Waals surface area contributed by atoms with Crippen LogP contribution in [0.4, 0.5) is 0 Å². The fraction of sp³-hybridized carbons (Fsp3) is 0.682. The lowest BCUT2D eigenvalue weighted by atomic mass is 10.1. The van der Waals surface area contributed by atoms with Gasteiger partial charge in [-0.2, -0.15) is 0 Å². The van der Waals surface area contributed by atoms with E-state index in [4.69, 9.17) is 33.9 Å². The van der Waals surface area contributed by atoms with Crippen molar-refractivity contribution >= 4 is 18.4 Å². The topological polar surface area (TPSA) is 127 Å². The summed E-state index contributed by atoms with van der Waals surface area (Å²) < 4.78 is 27.7. The molecule has 5 atom stereocenters. The van der Waals surface area contributed by atoms with Crippen LogP contribution in [0.15, 0.2) is 24.3 Å². The van der Waals surface area contributed by atoms with Crippen LogP contribution in [0.5, 0.6) is 11.5 Å². The van der Waals surface area contributed by atoms with Crippen molar-refractivity contribution in [2.75, 3.05) is 33.9 Å². The van der Waals surface area contributed by atoms with Gasteiger partial charge in [-0.25, -0.2) is 0 Å². The monoisotopic (exact) mass is 493 g/mol. The van der Waals surface area contributed by atoms with Crippen molar-refractivity contribution in [2.45, 2.75) is 63.7 Å². The maximum absolute atomic E-state index is 10.4. The molecule has 0 aromatic heterocycles. The molecule has 2 aliphatic heterocycles. The number of carbonyl (C=O) groups is 1. The van der Waals surface area contributed by atoms with Gasteiger partial charge in [-0.1, -0.05) is 0 Å². The van der Waals surface area contributed by atoms with Crippen molar-refractivity contribution in [3.05, 3.63) is 24.3 Å². The lowest BCUT2D eigenvalue weighted by Crippen LogP contribution is -2.44. The number of carbonyl (C=O) groups excluding carboxylic acids is 1. The minimum absolute atomic E-state index is 0. The Kier molecular flexibility index (Phi) is 12.0. The molecule has 3 N–H and O–H groups in total. The van der Waals surface area contributed by atoms with Gasteiger partial charge in [0.2, 0.25) is 0 Å². The smallest absolute Gasteiger partial charge is 0.308 e. The molecule has 190 valence electrons. The van der Waals surface area contributed by atoms with Crippen LogP contribution in [-0.4, -0.2) is 96.5 Å². The van der Waals surface area contributed by atoms with E-state index in [1.54, 1.807) is 0 Å². The van der Waals surface area contributed by atoms with Crippen LogP contribution in [-0.2, 0) is 23.7 Å². The Hall–Kier alpha value is -1.50. The molecule has 3 rings (SSSR count). The van der Waals surface area contributed by atoms with E-state index in [2.05, 4.69) is 4.90 Å². The quantitative estimate of drug-likeness (QED) is 0.277. The number of hydrogen-bond acceptors (Lipinski definition) is 10. The van der Waals surface area contributed by atoms with E-state index in [1.807, 2.05) is 27.9 Å². The van der Waals surface area contributed by atoms with Crippen LogP contribution < -0.4 is 4.74 Å². The summed E-state index contributed by atoms with van der Waals surface area (Å²) in [5, 5.41) is 27.9. The molecule has 0 radical (unpaired) electrons. The minimum Gasteiger partial charge on any atom is -0.508 e. The summed E-state index contributed by atoms with van der Waals surface area (Å²) in [4.78, 5) is 12.5. The number of nitrogens with zero attached hydrogens (tertiary/aromatic N) is 1. The van der Waals surface area contributed by atoms with Crippen molar-refractivity contribution in [3.63, 3.8) is 0 Å². The SMILES string of the molecule is CC(=O)Oc1ccc(O)cc1.CN(C)CCCOC1C(C(O)CO)OC2OC(C)(C)OC21.Cl. The number of rotatable bonds is 8. The average molecular weight is 494 g/mol. The Morgan fingerprint density at radius 1 is 1.21 bits per heavy atom. The highest BCUT2D eigenvalue weighted by atomic mass is 35.5. The lowest BCUT2D eigenvalue weighted by molar-refractivity contribution is -0.231. The van der Waals surface area contributed by atoms with Crippen LogP contribution in [0.25, 0.3) is 0 Å². The zero-order chi connectivity index (χ0) is 23.9. The third-order valence-corrected chi connectivity index (χ3v) is 4.75. The first kappa shape index (κ1) is 29.5. The Labute approximate surface area is 200 Å². The summed E-state index contributed by atoms with van der Waals surface area (Å²) in [6.07, 6.45) is -2.17. The van der Waals surface area contributed by atoms with Gasteiger partial charge in [0.15, 0.2) is 12.1 Å². The number of aliphatic hydroxyl groups excluding tert-OH is 2. The van der Waals surface area contributed by atoms with Crippen molar-refractivity contribution in [2.24, 2.45) is 0 Å². The Morgan fingerprint density at radius 2 is 1.85 bits per heavy atom. The number of phenolic OH excluding ortho intramolecular Hbond substituents is 1. The normalized spacial score (nSPS) is 26.1. The number of phenols is 1. The second-order valence-corrected chi connectivity index (χ2v) is 8.40. The maximum Gasteiger partial charge on any atom is 0.308 e. The molecule has 1 aromatic carbocycles. The standard InChI is InChI=1S/C14H27NO6.C8H8O3.ClH/c1-14(2)20-12-11(18-7-5-6-15(3)4)10(9(17)8-16)19-13(12)21-14;1-6(9)11-8-4-2-7(10)3-5-8;/h9-13,16-17H,5-8H2,1-4H3;2-5,10H,1H3;1H. The van der Waals surface area contributed by atoms with Gasteiger partial charge < -0.3 is 43.9 Å². The molecule has 0 bridgehead atoms. The maximum atomic E-state index is 10.4. The molecule has 2 aliphatic rings. The molecular formula is C22H36ClNO9. The number of hydrogen-bond donors (Lipinski definition) is 3. The van der Waals surface area contributed by atoms with Crippen LogP contribution in [0.2, 0.25) is 0 Å². The van der Waals surface area contributed by atoms with E-state index in [1.165, 1.54) is 31.2 Å². The first-order valence-electron chi connectivity index (χ1n) is 10.6. The van der Waals surface area contributed by atoms with Crippen molar-refractivity contribution in [1.29, 1.82) is 0 Å². The Morgan fingerprint density at radius 3 is 2.39 bits per heavy atom. The zero-order valence-electron chi connectivity index (χ0n) is 19.7. The molecule has 1 aromatic rings. The second kappa shape index (κ2) is 13.4. The molecule has 0 aliphatic carbocycles. The number of halogens is 1. The highest BCUT2D eigenvalue weighted by Gasteiger charge is 2.56. The van der Waals surface area contributed by atoms with E-state index in [0.717, 1.165) is 13.0 Å². The zero-order valence-corrected chi connectivity index (χ0v) is 20.5. The number of benzene rings is 1. The van der Waals surface area contributed by atoms with Gasteiger partial charge >= 0.3 is 5.97 Å². The molecule has 0 spiro atoms. The summed E-state index contributed by atoms with van der Waals surface area (Å²) >= 11 is 0. The second-order valence-electron chi connectivity index (χ2n) is 8.40. The summed E-state index contributed by atoms with van der Waals surface area (Å²) in [6.45, 7) is 6.02. The number of aromatic hydroxyl groups is 1. The van der Waals surface area contributed by atoms with Gasteiger partial charge in [-0.15, -0.1) is 12.4 Å². The Bertz CT molecular complexity index is 716. The number of esters is 1. The average Bonchev–Trinajstić information content (AvgIpc) is 3.18. The molecule has 5 unspecified atom stereocenters. The fourth-order valence-electron chi connectivity index (χ4n) is 3.39. The Balaban J connectivity index is 0.000000385. The van der Waals surface area contributed by atoms with Gasteiger partial charge in [-0.3, -0.25) is 4.79 Å². The largest absolute Gasteiger partial charge is 0.508 e. The predicted molar refractivity (Wildman–Crippen MR) is 121 cm³/mol. The van der Waals surface area contributed by atoms with Gasteiger partial charge in [0.1, 0.15) is 35.9 Å². The fourth-order valence-corrected chi connectivity index (χ4v) is 3.39. The first-order valence-corrected chi connectivity index (χ1v) is 10.6. The van der Waals surface area contributed by atoms with Crippen molar-refractivity contribution in [3.8, 4) is 11.5 Å². The highest BCUT2D eigenvalue weighted by Crippen LogP contribution is 2.39. The predicted octanol–water partition coefficient (Wildman–Crippen LogP) is 1.29. The number of ether oxygens (including phenoxy) is 5. The third kappa shape index (κ3) is 9.34. The molecule has 11 heteroatoms.